The fourth-order valence-corrected chi connectivity index (χ4v) is 0.400. The van der Waals surface area contributed by atoms with Crippen molar-refractivity contribution in [2.75, 3.05) is 12.9 Å². The first-order chi connectivity index (χ1) is 5.41. The number of unbranched alkanes of at least 4 members (excludes halogenated alkanes) is 2. The van der Waals surface area contributed by atoms with E-state index in [1.807, 2.05) is 6.08 Å². The molecule has 0 aromatic rings. The Morgan fingerprint density at radius 1 is 1.42 bits per heavy atom. The monoisotopic (exact) mass is 196 g/mol. The van der Waals surface area contributed by atoms with Gasteiger partial charge in [-0.25, -0.2) is 0 Å². The van der Waals surface area contributed by atoms with Gasteiger partial charge >= 0.3 is 0 Å². The van der Waals surface area contributed by atoms with Crippen LogP contribution in [0.3, 0.4) is 0 Å². The summed E-state index contributed by atoms with van der Waals surface area (Å²) in [5.74, 6) is 0. The average Bonchev–Trinajstić information content (AvgIpc) is 1.85. The van der Waals surface area contributed by atoms with Gasteiger partial charge in [0.05, 0.1) is 6.26 Å². The van der Waals surface area contributed by atoms with Crippen LogP contribution in [0.2, 0.25) is 0 Å². The minimum atomic E-state index is -3.67. The van der Waals surface area contributed by atoms with Crippen LogP contribution in [-0.4, -0.2) is 30.9 Å². The standard InChI is InChI=1S/C6H12O.CH4O3S/c1-2-3-4-5-6-7;1-5(2,3)4/h2,7H,1,3-6H2;1H3,(H,2,3,4). The maximum atomic E-state index is 9.19. The third-order valence-electron chi connectivity index (χ3n) is 0.816. The second-order valence-corrected chi connectivity index (χ2v) is 3.71. The summed E-state index contributed by atoms with van der Waals surface area (Å²) in [5, 5.41) is 8.26. The van der Waals surface area contributed by atoms with Gasteiger partial charge in [0.1, 0.15) is 0 Å². The molecule has 0 aliphatic rings. The molecule has 0 aromatic heterocycles. The highest BCUT2D eigenvalue weighted by Crippen LogP contribution is 1.92. The van der Waals surface area contributed by atoms with Gasteiger partial charge in [-0.1, -0.05) is 6.08 Å². The Kier molecular flexibility index (Phi) is 10.3. The molecule has 0 unspecified atom stereocenters. The normalized spacial score (nSPS) is 9.92. The van der Waals surface area contributed by atoms with Crippen molar-refractivity contribution in [3.8, 4) is 0 Å². The lowest BCUT2D eigenvalue weighted by atomic mass is 10.2. The van der Waals surface area contributed by atoms with Crippen molar-refractivity contribution < 1.29 is 18.1 Å². The van der Waals surface area contributed by atoms with E-state index in [-0.39, 0.29) is 0 Å². The maximum absolute atomic E-state index is 9.19. The van der Waals surface area contributed by atoms with Gasteiger partial charge in [0.15, 0.2) is 0 Å². The van der Waals surface area contributed by atoms with Gasteiger partial charge in [0.2, 0.25) is 0 Å². The average molecular weight is 196 g/mol. The Bertz CT molecular complexity index is 176. The summed E-state index contributed by atoms with van der Waals surface area (Å²) >= 11 is 0. The van der Waals surface area contributed by atoms with Gasteiger partial charge in [0, 0.05) is 6.61 Å². The summed E-state index contributed by atoms with van der Waals surface area (Å²) in [6.07, 6.45) is 5.59. The Morgan fingerprint density at radius 3 is 2.08 bits per heavy atom. The van der Waals surface area contributed by atoms with Crippen molar-refractivity contribution >= 4 is 10.1 Å². The highest BCUT2D eigenvalue weighted by molar-refractivity contribution is 7.85. The number of allylic oxidation sites excluding steroid dienone is 1. The third kappa shape index (κ3) is 54.7. The van der Waals surface area contributed by atoms with Crippen molar-refractivity contribution in [2.45, 2.75) is 19.3 Å². The fourth-order valence-electron chi connectivity index (χ4n) is 0.400. The molecule has 0 fully saturated rings. The zero-order valence-corrected chi connectivity index (χ0v) is 8.05. The molecule has 0 rings (SSSR count). The maximum Gasteiger partial charge on any atom is 0.261 e. The van der Waals surface area contributed by atoms with E-state index >= 15 is 0 Å². The number of hydrogen-bond acceptors (Lipinski definition) is 3. The summed E-state index contributed by atoms with van der Waals surface area (Å²) in [6.45, 7) is 3.86. The van der Waals surface area contributed by atoms with Crippen LogP contribution in [0.15, 0.2) is 12.7 Å². The molecule has 0 heterocycles. The molecule has 0 radical (unpaired) electrons. The van der Waals surface area contributed by atoms with E-state index in [0.717, 1.165) is 19.3 Å². The third-order valence-corrected chi connectivity index (χ3v) is 0.816. The highest BCUT2D eigenvalue weighted by atomic mass is 32.2. The van der Waals surface area contributed by atoms with Crippen LogP contribution in [0.25, 0.3) is 0 Å². The molecule has 5 heteroatoms. The van der Waals surface area contributed by atoms with E-state index in [9.17, 15) is 8.42 Å². The summed E-state index contributed by atoms with van der Waals surface area (Å²) in [7, 11) is -3.67. The van der Waals surface area contributed by atoms with E-state index in [2.05, 4.69) is 6.58 Å². The van der Waals surface area contributed by atoms with E-state index in [4.69, 9.17) is 9.66 Å². The van der Waals surface area contributed by atoms with Crippen LogP contribution in [0.1, 0.15) is 19.3 Å². The smallest absolute Gasteiger partial charge is 0.261 e. The predicted molar refractivity (Wildman–Crippen MR) is 48.6 cm³/mol. The molecule has 0 spiro atoms. The molecule has 0 aliphatic carbocycles. The Balaban J connectivity index is 0. The molecule has 12 heavy (non-hydrogen) atoms. The first-order valence-electron chi connectivity index (χ1n) is 3.56. The first-order valence-corrected chi connectivity index (χ1v) is 5.41. The molecule has 0 aromatic carbocycles. The molecule has 0 amide bonds. The van der Waals surface area contributed by atoms with Gasteiger partial charge in [-0.2, -0.15) is 8.42 Å². The molecule has 74 valence electrons. The van der Waals surface area contributed by atoms with E-state index < -0.39 is 10.1 Å². The molecule has 0 bridgehead atoms. The minimum Gasteiger partial charge on any atom is -0.396 e. The van der Waals surface area contributed by atoms with Crippen molar-refractivity contribution in [2.24, 2.45) is 0 Å². The van der Waals surface area contributed by atoms with Crippen molar-refractivity contribution in [3.05, 3.63) is 12.7 Å². The van der Waals surface area contributed by atoms with Gasteiger partial charge < -0.3 is 5.11 Å². The van der Waals surface area contributed by atoms with Crippen molar-refractivity contribution in [1.82, 2.24) is 0 Å². The molecule has 4 nitrogen and oxygen atoms in total. The number of aliphatic hydroxyl groups excluding tert-OH is 1. The highest BCUT2D eigenvalue weighted by Gasteiger charge is 1.81. The Hall–Kier alpha value is -0.390. The van der Waals surface area contributed by atoms with Gasteiger partial charge in [-0.15, -0.1) is 6.58 Å². The van der Waals surface area contributed by atoms with Crippen LogP contribution in [0.4, 0.5) is 0 Å². The predicted octanol–water partition coefficient (Wildman–Crippen LogP) is 0.839. The van der Waals surface area contributed by atoms with Crippen molar-refractivity contribution in [3.63, 3.8) is 0 Å². The largest absolute Gasteiger partial charge is 0.396 e. The zero-order valence-electron chi connectivity index (χ0n) is 7.23. The quantitative estimate of drug-likeness (QED) is 0.397. The molecule has 2 N–H and O–H groups in total. The summed E-state index contributed by atoms with van der Waals surface area (Å²) < 4.78 is 25.9. The van der Waals surface area contributed by atoms with Gasteiger partial charge in [-0.3, -0.25) is 4.55 Å². The Labute approximate surface area is 73.7 Å². The van der Waals surface area contributed by atoms with Crippen LogP contribution in [0.5, 0.6) is 0 Å². The van der Waals surface area contributed by atoms with Crippen LogP contribution >= 0.6 is 0 Å². The SMILES string of the molecule is C=CCCCCO.CS(=O)(=O)O. The molecule has 0 atom stereocenters. The molecule has 0 saturated heterocycles. The summed E-state index contributed by atoms with van der Waals surface area (Å²) in [6, 6.07) is 0. The van der Waals surface area contributed by atoms with Crippen LogP contribution in [-0.2, 0) is 10.1 Å². The number of hydrogen-bond donors (Lipinski definition) is 2. The second-order valence-electron chi connectivity index (χ2n) is 2.24. The van der Waals surface area contributed by atoms with E-state index in [0.29, 0.717) is 12.9 Å². The lowest BCUT2D eigenvalue weighted by Gasteiger charge is -1.87. The minimum absolute atomic E-state index is 0.313. The molecule has 0 aliphatic heterocycles. The van der Waals surface area contributed by atoms with Gasteiger partial charge in [-0.05, 0) is 19.3 Å². The van der Waals surface area contributed by atoms with E-state index in [1.54, 1.807) is 0 Å². The van der Waals surface area contributed by atoms with Crippen LogP contribution in [0, 0.1) is 0 Å². The van der Waals surface area contributed by atoms with Gasteiger partial charge in [0.25, 0.3) is 10.1 Å². The Morgan fingerprint density at radius 2 is 1.83 bits per heavy atom. The molecular formula is C7H16O4S. The molecular weight excluding hydrogens is 180 g/mol. The summed E-state index contributed by atoms with van der Waals surface area (Å²) in [4.78, 5) is 0. The fraction of sp³-hybridized carbons (Fsp3) is 0.714. The second kappa shape index (κ2) is 8.70. The van der Waals surface area contributed by atoms with E-state index in [1.165, 1.54) is 0 Å². The lowest BCUT2D eigenvalue weighted by Crippen LogP contribution is -1.88. The van der Waals surface area contributed by atoms with Crippen molar-refractivity contribution in [1.29, 1.82) is 0 Å². The topological polar surface area (TPSA) is 74.6 Å². The van der Waals surface area contributed by atoms with Crippen LogP contribution < -0.4 is 0 Å². The lowest BCUT2D eigenvalue weighted by molar-refractivity contribution is 0.285. The first kappa shape index (κ1) is 14.2. The molecule has 0 saturated carbocycles. The number of aliphatic hydroxyl groups is 1. The number of rotatable bonds is 4. The summed E-state index contributed by atoms with van der Waals surface area (Å²) in [5.41, 5.74) is 0. The zero-order chi connectivity index (χ0) is 10.0.